The zero-order valence-corrected chi connectivity index (χ0v) is 12.6. The van der Waals surface area contributed by atoms with Crippen molar-refractivity contribution >= 4 is 11.8 Å². The number of nitrogens with zero attached hydrogens (tertiary/aromatic N) is 3. The van der Waals surface area contributed by atoms with Gasteiger partial charge in [0, 0.05) is 19.0 Å². The number of rotatable bonds is 3. The van der Waals surface area contributed by atoms with E-state index in [4.69, 9.17) is 4.74 Å². The van der Waals surface area contributed by atoms with Crippen LogP contribution < -0.4 is 10.1 Å². The van der Waals surface area contributed by atoms with Gasteiger partial charge in [0.15, 0.2) is 0 Å². The molecule has 2 atom stereocenters. The summed E-state index contributed by atoms with van der Waals surface area (Å²) in [5.41, 5.74) is 0.838. The van der Waals surface area contributed by atoms with Crippen LogP contribution in [0.25, 0.3) is 0 Å². The third-order valence-corrected chi connectivity index (χ3v) is 4.04. The number of carbonyl (C=O) groups is 2. The maximum absolute atomic E-state index is 12.4. The molecule has 0 bridgehead atoms. The molecule has 2 saturated heterocycles. The Hall–Kier alpha value is -2.18. The summed E-state index contributed by atoms with van der Waals surface area (Å²) in [6.07, 6.45) is 2.71. The van der Waals surface area contributed by atoms with Gasteiger partial charge in [-0.3, -0.25) is 9.59 Å². The smallest absolute Gasteiger partial charge is 0.245 e. The monoisotopic (exact) mass is 304 g/mol. The van der Waals surface area contributed by atoms with Gasteiger partial charge in [-0.2, -0.15) is 5.10 Å². The van der Waals surface area contributed by atoms with Crippen LogP contribution in [0.4, 0.5) is 0 Å². The van der Waals surface area contributed by atoms with Gasteiger partial charge in [-0.1, -0.05) is 0 Å². The van der Waals surface area contributed by atoms with Crippen molar-refractivity contribution in [3.05, 3.63) is 17.8 Å². The number of carbonyl (C=O) groups excluding carboxylic acids is 2. The average Bonchev–Trinajstić information content (AvgIpc) is 2.96. The van der Waals surface area contributed by atoms with Gasteiger partial charge in [0.25, 0.3) is 0 Å². The van der Waals surface area contributed by atoms with E-state index >= 15 is 0 Å². The van der Waals surface area contributed by atoms with E-state index in [1.165, 1.54) is 0 Å². The van der Waals surface area contributed by atoms with Gasteiger partial charge < -0.3 is 15.0 Å². The summed E-state index contributed by atoms with van der Waals surface area (Å²) in [4.78, 5) is 25.5. The second-order valence-electron chi connectivity index (χ2n) is 5.84. The molecule has 3 rings (SSSR count). The highest BCUT2D eigenvalue weighted by Gasteiger charge is 2.33. The number of nitrogens with one attached hydrogen (secondary N) is 1. The Bertz CT molecular complexity index is 560. The van der Waals surface area contributed by atoms with E-state index in [1.54, 1.807) is 11.0 Å². The standard InChI is InChI=1S/C15H20N4O3/c1-10-4-7-14(18-17-10)22-11-3-2-8-19(9-11)15(21)12-5-6-13(20)16-12/h4,7,11-12H,2-3,5-6,8-9H2,1H3,(H,16,20)/t11-,12-/m1/s1. The first-order valence-electron chi connectivity index (χ1n) is 7.67. The third kappa shape index (κ3) is 3.35. The predicted octanol–water partition coefficient (Wildman–Crippen LogP) is 0.433. The Morgan fingerprint density at radius 3 is 2.91 bits per heavy atom. The van der Waals surface area contributed by atoms with Gasteiger partial charge in [-0.25, -0.2) is 0 Å². The molecule has 0 aromatic carbocycles. The highest BCUT2D eigenvalue weighted by atomic mass is 16.5. The van der Waals surface area contributed by atoms with Crippen molar-refractivity contribution in [3.8, 4) is 5.88 Å². The van der Waals surface area contributed by atoms with Crippen molar-refractivity contribution in [2.75, 3.05) is 13.1 Å². The van der Waals surface area contributed by atoms with E-state index in [-0.39, 0.29) is 24.0 Å². The van der Waals surface area contributed by atoms with Crippen LogP contribution in [0.3, 0.4) is 0 Å². The lowest BCUT2D eigenvalue weighted by Gasteiger charge is -2.33. The number of ether oxygens (including phenoxy) is 1. The second kappa shape index (κ2) is 6.29. The predicted molar refractivity (Wildman–Crippen MR) is 78.2 cm³/mol. The van der Waals surface area contributed by atoms with Crippen LogP contribution in [0.15, 0.2) is 12.1 Å². The quantitative estimate of drug-likeness (QED) is 0.875. The number of hydrogen-bond acceptors (Lipinski definition) is 5. The lowest BCUT2D eigenvalue weighted by molar-refractivity contribution is -0.136. The highest BCUT2D eigenvalue weighted by Crippen LogP contribution is 2.19. The van der Waals surface area contributed by atoms with Crippen molar-refractivity contribution in [1.29, 1.82) is 0 Å². The Kier molecular flexibility index (Phi) is 4.22. The maximum atomic E-state index is 12.4. The first kappa shape index (κ1) is 14.7. The number of hydrogen-bond donors (Lipinski definition) is 1. The van der Waals surface area contributed by atoms with E-state index in [9.17, 15) is 9.59 Å². The molecule has 0 saturated carbocycles. The summed E-state index contributed by atoms with van der Waals surface area (Å²) < 4.78 is 5.82. The van der Waals surface area contributed by atoms with Crippen LogP contribution in [0.2, 0.25) is 0 Å². The fourth-order valence-electron chi connectivity index (χ4n) is 2.87. The Balaban J connectivity index is 1.58. The fourth-order valence-corrected chi connectivity index (χ4v) is 2.87. The van der Waals surface area contributed by atoms with Crippen molar-refractivity contribution in [3.63, 3.8) is 0 Å². The van der Waals surface area contributed by atoms with Crippen molar-refractivity contribution in [2.45, 2.75) is 44.8 Å². The molecule has 2 amide bonds. The molecule has 1 aromatic heterocycles. The molecule has 0 radical (unpaired) electrons. The van der Waals surface area contributed by atoms with Gasteiger partial charge in [0.05, 0.1) is 12.2 Å². The lowest BCUT2D eigenvalue weighted by Crippen LogP contribution is -2.50. The van der Waals surface area contributed by atoms with E-state index < -0.39 is 0 Å². The van der Waals surface area contributed by atoms with Crippen LogP contribution in [-0.2, 0) is 9.59 Å². The van der Waals surface area contributed by atoms with Gasteiger partial charge in [0.1, 0.15) is 12.1 Å². The average molecular weight is 304 g/mol. The fraction of sp³-hybridized carbons (Fsp3) is 0.600. The normalized spacial score (nSPS) is 25.0. The third-order valence-electron chi connectivity index (χ3n) is 4.04. The second-order valence-corrected chi connectivity index (χ2v) is 5.84. The number of aryl methyl sites for hydroxylation is 1. The molecule has 118 valence electrons. The van der Waals surface area contributed by atoms with E-state index in [0.29, 0.717) is 31.8 Å². The summed E-state index contributed by atoms with van der Waals surface area (Å²) in [6, 6.07) is 3.27. The molecule has 3 heterocycles. The molecule has 0 aliphatic carbocycles. The highest BCUT2D eigenvalue weighted by molar-refractivity contribution is 5.90. The van der Waals surface area contributed by atoms with Gasteiger partial charge >= 0.3 is 0 Å². The van der Waals surface area contributed by atoms with Crippen molar-refractivity contribution < 1.29 is 14.3 Å². The molecule has 0 spiro atoms. The molecular weight excluding hydrogens is 284 g/mol. The van der Waals surface area contributed by atoms with E-state index in [1.807, 2.05) is 13.0 Å². The molecular formula is C15H20N4O3. The molecule has 1 aromatic rings. The van der Waals surface area contributed by atoms with E-state index in [2.05, 4.69) is 15.5 Å². The topological polar surface area (TPSA) is 84.4 Å². The number of piperidine rings is 1. The number of amides is 2. The summed E-state index contributed by atoms with van der Waals surface area (Å²) in [5, 5.41) is 10.7. The van der Waals surface area contributed by atoms with Crippen LogP contribution in [0, 0.1) is 6.92 Å². The largest absolute Gasteiger partial charge is 0.471 e. The number of likely N-dealkylation sites (tertiary alicyclic amines) is 1. The van der Waals surface area contributed by atoms with Crippen molar-refractivity contribution in [1.82, 2.24) is 20.4 Å². The van der Waals surface area contributed by atoms with Crippen LogP contribution >= 0.6 is 0 Å². The van der Waals surface area contributed by atoms with Gasteiger partial charge in [-0.05, 0) is 32.3 Å². The Labute approximate surface area is 129 Å². The maximum Gasteiger partial charge on any atom is 0.245 e. The van der Waals surface area contributed by atoms with Crippen LogP contribution in [-0.4, -0.2) is 52.1 Å². The first-order chi connectivity index (χ1) is 10.6. The zero-order chi connectivity index (χ0) is 15.5. The Morgan fingerprint density at radius 1 is 1.36 bits per heavy atom. The molecule has 22 heavy (non-hydrogen) atoms. The molecule has 7 nitrogen and oxygen atoms in total. The zero-order valence-electron chi connectivity index (χ0n) is 12.6. The minimum atomic E-state index is -0.370. The summed E-state index contributed by atoms with van der Waals surface area (Å²) >= 11 is 0. The molecule has 1 N–H and O–H groups in total. The van der Waals surface area contributed by atoms with Crippen LogP contribution in [0.1, 0.15) is 31.4 Å². The lowest BCUT2D eigenvalue weighted by atomic mass is 10.1. The Morgan fingerprint density at radius 2 is 2.23 bits per heavy atom. The molecule has 7 heteroatoms. The molecule has 2 aliphatic heterocycles. The summed E-state index contributed by atoms with van der Waals surface area (Å²) in [7, 11) is 0. The molecule has 0 unspecified atom stereocenters. The molecule has 2 fully saturated rings. The minimum absolute atomic E-state index is 0.00543. The first-order valence-corrected chi connectivity index (χ1v) is 7.67. The summed E-state index contributed by atoms with van der Waals surface area (Å²) in [6.45, 7) is 3.11. The number of aromatic nitrogens is 2. The van der Waals surface area contributed by atoms with Crippen LogP contribution in [0.5, 0.6) is 5.88 Å². The van der Waals surface area contributed by atoms with E-state index in [0.717, 1.165) is 18.5 Å². The molecule has 2 aliphatic rings. The minimum Gasteiger partial charge on any atom is -0.471 e. The van der Waals surface area contributed by atoms with Crippen molar-refractivity contribution in [2.24, 2.45) is 0 Å². The van der Waals surface area contributed by atoms with Gasteiger partial charge in [-0.15, -0.1) is 5.10 Å². The van der Waals surface area contributed by atoms with Gasteiger partial charge in [0.2, 0.25) is 17.7 Å². The summed E-state index contributed by atoms with van der Waals surface area (Å²) in [5.74, 6) is 0.436. The SMILES string of the molecule is Cc1ccc(O[C@@H]2CCCN(C(=O)[C@H]3CCC(=O)N3)C2)nn1.